The van der Waals surface area contributed by atoms with Crippen LogP contribution in [0.5, 0.6) is 5.75 Å². The van der Waals surface area contributed by atoms with Crippen LogP contribution in [0.3, 0.4) is 0 Å². The lowest BCUT2D eigenvalue weighted by Crippen LogP contribution is -2.36. The van der Waals surface area contributed by atoms with E-state index >= 15 is 0 Å². The molecule has 1 N–H and O–H groups in total. The van der Waals surface area contributed by atoms with E-state index in [1.54, 1.807) is 6.92 Å². The zero-order chi connectivity index (χ0) is 14.7. The predicted molar refractivity (Wildman–Crippen MR) is 84.5 cm³/mol. The predicted octanol–water partition coefficient (Wildman–Crippen LogP) is 3.24. The molecule has 1 aliphatic carbocycles. The molecular formula is C18H27NO2. The van der Waals surface area contributed by atoms with Crippen molar-refractivity contribution < 1.29 is 9.84 Å². The van der Waals surface area contributed by atoms with E-state index in [2.05, 4.69) is 4.90 Å². The van der Waals surface area contributed by atoms with Gasteiger partial charge in [0, 0.05) is 6.54 Å². The van der Waals surface area contributed by atoms with Crippen molar-refractivity contribution >= 4 is 0 Å². The molecule has 3 rings (SSSR count). The van der Waals surface area contributed by atoms with Gasteiger partial charge in [-0.25, -0.2) is 0 Å². The second-order valence-electron chi connectivity index (χ2n) is 6.74. The van der Waals surface area contributed by atoms with Gasteiger partial charge in [-0.2, -0.15) is 0 Å². The first kappa shape index (κ1) is 14.9. The largest absolute Gasteiger partial charge is 0.493 e. The third-order valence-corrected chi connectivity index (χ3v) is 4.77. The fourth-order valence-corrected chi connectivity index (χ4v) is 3.06. The van der Waals surface area contributed by atoms with E-state index in [0.29, 0.717) is 5.92 Å². The van der Waals surface area contributed by atoms with Gasteiger partial charge in [0.15, 0.2) is 0 Å². The van der Waals surface area contributed by atoms with Crippen molar-refractivity contribution in [3.63, 3.8) is 0 Å². The van der Waals surface area contributed by atoms with E-state index in [9.17, 15) is 5.11 Å². The molecule has 116 valence electrons. The normalized spacial score (nSPS) is 22.2. The highest BCUT2D eigenvalue weighted by Crippen LogP contribution is 2.31. The summed E-state index contributed by atoms with van der Waals surface area (Å²) in [5, 5.41) is 9.49. The summed E-state index contributed by atoms with van der Waals surface area (Å²) >= 11 is 0. The molecule has 2 fully saturated rings. The standard InChI is InChI=1S/C18H27NO2/c1-14(20)17-4-6-18(7-5-17)21-13-16-8-10-19(11-9-16)12-15-2-3-15/h4-7,14-16,20H,2-3,8-13H2,1H3/t14-/m1/s1. The van der Waals surface area contributed by atoms with Gasteiger partial charge in [0.2, 0.25) is 0 Å². The average molecular weight is 289 g/mol. The molecule has 1 aliphatic heterocycles. The van der Waals surface area contributed by atoms with Crippen molar-refractivity contribution in [1.82, 2.24) is 4.90 Å². The number of benzene rings is 1. The number of piperidine rings is 1. The number of aliphatic hydroxyl groups excluding tert-OH is 1. The van der Waals surface area contributed by atoms with E-state index in [1.165, 1.54) is 45.3 Å². The van der Waals surface area contributed by atoms with Gasteiger partial charge in [-0.15, -0.1) is 0 Å². The van der Waals surface area contributed by atoms with Crippen LogP contribution in [0.4, 0.5) is 0 Å². The quantitative estimate of drug-likeness (QED) is 0.872. The highest BCUT2D eigenvalue weighted by Gasteiger charge is 2.27. The topological polar surface area (TPSA) is 32.7 Å². The Morgan fingerprint density at radius 3 is 2.33 bits per heavy atom. The molecular weight excluding hydrogens is 262 g/mol. The Morgan fingerprint density at radius 2 is 1.76 bits per heavy atom. The van der Waals surface area contributed by atoms with E-state index in [-0.39, 0.29) is 0 Å². The number of hydrogen-bond acceptors (Lipinski definition) is 3. The summed E-state index contributed by atoms with van der Waals surface area (Å²) in [6.45, 7) is 6.42. The summed E-state index contributed by atoms with van der Waals surface area (Å²) in [5.41, 5.74) is 0.940. The molecule has 0 bridgehead atoms. The summed E-state index contributed by atoms with van der Waals surface area (Å²) < 4.78 is 5.91. The van der Waals surface area contributed by atoms with Crippen molar-refractivity contribution in [2.75, 3.05) is 26.2 Å². The molecule has 0 radical (unpaired) electrons. The van der Waals surface area contributed by atoms with Crippen molar-refractivity contribution in [3.8, 4) is 5.75 Å². The number of aliphatic hydroxyl groups is 1. The van der Waals surface area contributed by atoms with Crippen molar-refractivity contribution in [1.29, 1.82) is 0 Å². The van der Waals surface area contributed by atoms with Crippen LogP contribution < -0.4 is 4.74 Å². The van der Waals surface area contributed by atoms with Crippen LogP contribution in [0.15, 0.2) is 24.3 Å². The Kier molecular flexibility index (Phi) is 4.81. The first-order valence-electron chi connectivity index (χ1n) is 8.34. The highest BCUT2D eigenvalue weighted by molar-refractivity contribution is 5.28. The average Bonchev–Trinajstić information content (AvgIpc) is 3.31. The molecule has 0 spiro atoms. The molecule has 3 heteroatoms. The second kappa shape index (κ2) is 6.80. The molecule has 1 atom stereocenters. The molecule has 21 heavy (non-hydrogen) atoms. The minimum absolute atomic E-state index is 0.408. The van der Waals surface area contributed by atoms with Crippen LogP contribution in [0.2, 0.25) is 0 Å². The molecule has 1 aromatic rings. The summed E-state index contributed by atoms with van der Waals surface area (Å²) in [4.78, 5) is 2.63. The third kappa shape index (κ3) is 4.45. The molecule has 0 unspecified atom stereocenters. The minimum Gasteiger partial charge on any atom is -0.493 e. The smallest absolute Gasteiger partial charge is 0.119 e. The Bertz CT molecular complexity index is 431. The first-order valence-corrected chi connectivity index (χ1v) is 8.34. The van der Waals surface area contributed by atoms with Gasteiger partial charge < -0.3 is 14.7 Å². The number of nitrogens with zero attached hydrogens (tertiary/aromatic N) is 1. The summed E-state index contributed by atoms with van der Waals surface area (Å²) in [5.74, 6) is 2.61. The van der Waals surface area contributed by atoms with Crippen LogP contribution in [-0.2, 0) is 0 Å². The van der Waals surface area contributed by atoms with Gasteiger partial charge in [0.05, 0.1) is 12.7 Å². The van der Waals surface area contributed by atoms with E-state index < -0.39 is 6.10 Å². The zero-order valence-electron chi connectivity index (χ0n) is 13.0. The lowest BCUT2D eigenvalue weighted by atomic mass is 9.97. The molecule has 0 amide bonds. The second-order valence-corrected chi connectivity index (χ2v) is 6.74. The molecule has 1 aromatic carbocycles. The van der Waals surface area contributed by atoms with Crippen molar-refractivity contribution in [3.05, 3.63) is 29.8 Å². The van der Waals surface area contributed by atoms with Gasteiger partial charge in [-0.05, 0) is 75.2 Å². The lowest BCUT2D eigenvalue weighted by molar-refractivity contribution is 0.138. The maximum absolute atomic E-state index is 9.49. The summed E-state index contributed by atoms with van der Waals surface area (Å²) in [6.07, 6.45) is 5.02. The Labute approximate surface area is 127 Å². The van der Waals surface area contributed by atoms with Gasteiger partial charge in [-0.1, -0.05) is 12.1 Å². The van der Waals surface area contributed by atoms with Crippen LogP contribution in [0, 0.1) is 11.8 Å². The third-order valence-electron chi connectivity index (χ3n) is 4.77. The van der Waals surface area contributed by atoms with Crippen molar-refractivity contribution in [2.24, 2.45) is 11.8 Å². The molecule has 0 aromatic heterocycles. The molecule has 2 aliphatic rings. The van der Waals surface area contributed by atoms with Crippen LogP contribution >= 0.6 is 0 Å². The van der Waals surface area contributed by atoms with Crippen LogP contribution in [0.25, 0.3) is 0 Å². The molecule has 1 saturated heterocycles. The first-order chi connectivity index (χ1) is 10.2. The fraction of sp³-hybridized carbons (Fsp3) is 0.667. The maximum Gasteiger partial charge on any atom is 0.119 e. The monoisotopic (exact) mass is 289 g/mol. The van der Waals surface area contributed by atoms with Crippen LogP contribution in [0.1, 0.15) is 44.3 Å². The lowest BCUT2D eigenvalue weighted by Gasteiger charge is -2.31. The minimum atomic E-state index is -0.408. The Morgan fingerprint density at radius 1 is 1.10 bits per heavy atom. The molecule has 3 nitrogen and oxygen atoms in total. The van der Waals surface area contributed by atoms with Gasteiger partial charge in [-0.3, -0.25) is 0 Å². The fourth-order valence-electron chi connectivity index (χ4n) is 3.06. The number of likely N-dealkylation sites (tertiary alicyclic amines) is 1. The van der Waals surface area contributed by atoms with Gasteiger partial charge >= 0.3 is 0 Å². The van der Waals surface area contributed by atoms with Crippen LogP contribution in [-0.4, -0.2) is 36.2 Å². The summed E-state index contributed by atoms with van der Waals surface area (Å²) in [7, 11) is 0. The molecule has 1 heterocycles. The number of hydrogen-bond donors (Lipinski definition) is 1. The van der Waals surface area contributed by atoms with E-state index in [4.69, 9.17) is 4.74 Å². The Balaban J connectivity index is 1.39. The van der Waals surface area contributed by atoms with Crippen molar-refractivity contribution in [2.45, 2.75) is 38.7 Å². The van der Waals surface area contributed by atoms with Gasteiger partial charge in [0.1, 0.15) is 5.75 Å². The SMILES string of the molecule is C[C@@H](O)c1ccc(OCC2CCN(CC3CC3)CC2)cc1. The highest BCUT2D eigenvalue weighted by atomic mass is 16.5. The van der Waals surface area contributed by atoms with E-state index in [1.807, 2.05) is 24.3 Å². The zero-order valence-corrected chi connectivity index (χ0v) is 13.0. The number of rotatable bonds is 6. The number of ether oxygens (including phenoxy) is 1. The Hall–Kier alpha value is -1.06. The van der Waals surface area contributed by atoms with E-state index in [0.717, 1.165) is 23.8 Å². The summed E-state index contributed by atoms with van der Waals surface area (Å²) in [6, 6.07) is 7.81. The molecule has 1 saturated carbocycles. The maximum atomic E-state index is 9.49. The van der Waals surface area contributed by atoms with Gasteiger partial charge in [0.25, 0.3) is 0 Å².